The molecule has 2 N–H and O–H groups in total. The summed E-state index contributed by atoms with van der Waals surface area (Å²) in [6.45, 7) is 10.8. The van der Waals surface area contributed by atoms with Crippen molar-refractivity contribution in [3.8, 4) is 0 Å². The van der Waals surface area contributed by atoms with Crippen molar-refractivity contribution in [2.45, 2.75) is 62.7 Å². The maximum atomic E-state index is 12.6. The molecule has 0 aliphatic carbocycles. The third kappa shape index (κ3) is 4.51. The van der Waals surface area contributed by atoms with Crippen molar-refractivity contribution in [2.24, 2.45) is 9.50 Å². The van der Waals surface area contributed by atoms with E-state index in [1.807, 2.05) is 6.92 Å². The second-order valence-corrected chi connectivity index (χ2v) is 10.2. The number of rotatable bonds is 2. The summed E-state index contributed by atoms with van der Waals surface area (Å²) in [5.41, 5.74) is -1.52. The van der Waals surface area contributed by atoms with Crippen molar-refractivity contribution < 1.29 is 23.2 Å². The first kappa shape index (κ1) is 19.3. The lowest BCUT2D eigenvalue weighted by Crippen LogP contribution is -2.28. The molecule has 1 aromatic rings. The third-order valence-corrected chi connectivity index (χ3v) is 6.10. The lowest BCUT2D eigenvalue weighted by Gasteiger charge is -2.22. The average molecular weight is 377 g/mol. The topological polar surface area (TPSA) is 113 Å². The number of thiazole rings is 1. The second-order valence-electron chi connectivity index (χ2n) is 7.15. The zero-order valence-corrected chi connectivity index (χ0v) is 16.2. The van der Waals surface area contributed by atoms with Crippen LogP contribution < -0.4 is 5.14 Å². The molecule has 10 heteroatoms. The van der Waals surface area contributed by atoms with Gasteiger partial charge in [0, 0.05) is 0 Å². The molecular formula is C14H23N3O5S2. The Kier molecular flexibility index (Phi) is 4.83. The minimum Gasteiger partial charge on any atom is -0.442 e. The number of amides is 1. The van der Waals surface area contributed by atoms with Gasteiger partial charge in [0.05, 0.1) is 12.8 Å². The molecule has 2 atom stereocenters. The molecule has 2 rings (SSSR count). The van der Waals surface area contributed by atoms with Crippen molar-refractivity contribution in [1.29, 1.82) is 0 Å². The molecule has 136 valence electrons. The lowest BCUT2D eigenvalue weighted by molar-refractivity contribution is -0.159. The number of carbonyl (C=O) groups excluding carboxylic acids is 1. The summed E-state index contributed by atoms with van der Waals surface area (Å²) in [5, 5.41) is 6.28. The van der Waals surface area contributed by atoms with Crippen LogP contribution in [0.25, 0.3) is 0 Å². The molecule has 0 saturated carbocycles. The number of hydrogen-bond acceptors (Lipinski definition) is 7. The molecule has 1 aliphatic rings. The minimum absolute atomic E-state index is 0.179. The van der Waals surface area contributed by atoms with Crippen LogP contribution in [-0.2, 0) is 29.7 Å². The Labute approximate surface area is 146 Å². The van der Waals surface area contributed by atoms with Gasteiger partial charge in [-0.1, -0.05) is 0 Å². The Morgan fingerprint density at radius 1 is 1.46 bits per heavy atom. The summed E-state index contributed by atoms with van der Waals surface area (Å²) < 4.78 is 32.7. The summed E-state index contributed by atoms with van der Waals surface area (Å²) in [6.07, 6.45) is 0.369. The number of nitrogens with zero attached hydrogens (tertiary/aromatic N) is 2. The summed E-state index contributed by atoms with van der Waals surface area (Å²) in [6, 6.07) is 0. The van der Waals surface area contributed by atoms with Gasteiger partial charge in [-0.05, 0) is 41.5 Å². The van der Waals surface area contributed by atoms with Crippen LogP contribution in [0.3, 0.4) is 0 Å². The maximum Gasteiger partial charge on any atom is 0.443 e. The first-order valence-corrected chi connectivity index (χ1v) is 9.70. The summed E-state index contributed by atoms with van der Waals surface area (Å²) in [4.78, 5) is 16.0. The zero-order chi connectivity index (χ0) is 18.4. The van der Waals surface area contributed by atoms with Gasteiger partial charge in [0.2, 0.25) is 0 Å². The second kappa shape index (κ2) is 6.03. The van der Waals surface area contributed by atoms with Gasteiger partial charge in [-0.2, -0.15) is 0 Å². The standard InChI is InChI=1S/C14H23N3O5S2/c1-12(2,3)21-11(18)17-24(15,19)9-7-16-10(23-9)14(6)8-20-13(4,5)22-14/h7H,8H2,1-6H3,(H2,15,17,18,19). The van der Waals surface area contributed by atoms with Gasteiger partial charge in [0.1, 0.15) is 20.4 Å². The van der Waals surface area contributed by atoms with Gasteiger partial charge < -0.3 is 14.2 Å². The predicted molar refractivity (Wildman–Crippen MR) is 89.8 cm³/mol. The van der Waals surface area contributed by atoms with Crippen LogP contribution in [0, 0.1) is 0 Å². The zero-order valence-electron chi connectivity index (χ0n) is 14.6. The average Bonchev–Trinajstić information content (AvgIpc) is 2.92. The molecule has 2 unspecified atom stereocenters. The highest BCUT2D eigenvalue weighted by Gasteiger charge is 2.45. The molecule has 1 fully saturated rings. The van der Waals surface area contributed by atoms with E-state index in [9.17, 15) is 9.00 Å². The largest absolute Gasteiger partial charge is 0.443 e. The van der Waals surface area contributed by atoms with Gasteiger partial charge in [-0.25, -0.2) is 19.1 Å². The van der Waals surface area contributed by atoms with Crippen LogP contribution in [0.4, 0.5) is 4.79 Å². The van der Waals surface area contributed by atoms with Crippen molar-refractivity contribution in [3.63, 3.8) is 0 Å². The van der Waals surface area contributed by atoms with E-state index >= 15 is 0 Å². The maximum absolute atomic E-state index is 12.6. The number of carbonyl (C=O) groups is 1. The number of aromatic nitrogens is 1. The van der Waals surface area contributed by atoms with Gasteiger partial charge in [0.15, 0.2) is 15.7 Å². The lowest BCUT2D eigenvalue weighted by atomic mass is 10.1. The predicted octanol–water partition coefficient (Wildman–Crippen LogP) is 2.78. The Morgan fingerprint density at radius 3 is 2.58 bits per heavy atom. The molecule has 0 spiro atoms. The molecular weight excluding hydrogens is 354 g/mol. The highest BCUT2D eigenvalue weighted by atomic mass is 32.2. The van der Waals surface area contributed by atoms with Gasteiger partial charge >= 0.3 is 6.09 Å². The molecule has 0 aromatic carbocycles. The van der Waals surface area contributed by atoms with Crippen molar-refractivity contribution in [3.05, 3.63) is 11.2 Å². The number of ether oxygens (including phenoxy) is 3. The van der Waals surface area contributed by atoms with E-state index in [2.05, 4.69) is 9.35 Å². The van der Waals surface area contributed by atoms with Crippen molar-refractivity contribution in [1.82, 2.24) is 4.98 Å². The molecule has 8 nitrogen and oxygen atoms in total. The Balaban J connectivity index is 2.27. The van der Waals surface area contributed by atoms with E-state index in [0.29, 0.717) is 11.6 Å². The Bertz CT molecular complexity index is 759. The van der Waals surface area contributed by atoms with E-state index < -0.39 is 33.0 Å². The smallest absolute Gasteiger partial charge is 0.442 e. The molecule has 0 radical (unpaired) electrons. The van der Waals surface area contributed by atoms with Crippen LogP contribution in [0.1, 0.15) is 46.6 Å². The van der Waals surface area contributed by atoms with Crippen LogP contribution in [-0.4, -0.2) is 33.3 Å². The molecule has 24 heavy (non-hydrogen) atoms. The summed E-state index contributed by atoms with van der Waals surface area (Å²) in [7, 11) is -3.44. The summed E-state index contributed by atoms with van der Waals surface area (Å²) >= 11 is 1.08. The molecule has 1 amide bonds. The fourth-order valence-corrected chi connectivity index (χ4v) is 4.19. The molecule has 1 aromatic heterocycles. The van der Waals surface area contributed by atoms with Gasteiger partial charge in [-0.3, -0.25) is 0 Å². The number of nitrogens with two attached hydrogens (primary N) is 1. The molecule has 2 heterocycles. The highest BCUT2D eigenvalue weighted by Crippen LogP contribution is 2.40. The monoisotopic (exact) mass is 377 g/mol. The van der Waals surface area contributed by atoms with Crippen molar-refractivity contribution >= 4 is 27.3 Å². The Hall–Kier alpha value is -1.07. The van der Waals surface area contributed by atoms with Gasteiger partial charge in [-0.15, -0.1) is 15.7 Å². The first-order chi connectivity index (χ1) is 10.7. The highest BCUT2D eigenvalue weighted by molar-refractivity contribution is 7.93. The molecule has 0 bridgehead atoms. The van der Waals surface area contributed by atoms with E-state index in [-0.39, 0.29) is 4.21 Å². The fourth-order valence-electron chi connectivity index (χ4n) is 2.09. The minimum atomic E-state index is -3.44. The van der Waals surface area contributed by atoms with Crippen LogP contribution in [0.5, 0.6) is 0 Å². The normalized spacial score (nSPS) is 26.0. The molecule has 1 aliphatic heterocycles. The van der Waals surface area contributed by atoms with Crippen LogP contribution in [0.15, 0.2) is 14.8 Å². The first-order valence-electron chi connectivity index (χ1n) is 7.31. The van der Waals surface area contributed by atoms with Crippen molar-refractivity contribution in [2.75, 3.05) is 6.61 Å². The SMILES string of the molecule is CC(C)(C)OC(=O)N=S(N)(=O)c1cnc(C2(C)COC(C)(C)O2)s1. The van der Waals surface area contributed by atoms with E-state index in [4.69, 9.17) is 19.3 Å². The van der Waals surface area contributed by atoms with E-state index in [1.54, 1.807) is 34.6 Å². The summed E-state index contributed by atoms with van der Waals surface area (Å²) in [5.74, 6) is -0.731. The van der Waals surface area contributed by atoms with Gasteiger partial charge in [0.25, 0.3) is 0 Å². The van der Waals surface area contributed by atoms with E-state index in [1.165, 1.54) is 6.20 Å². The van der Waals surface area contributed by atoms with Crippen LogP contribution in [0.2, 0.25) is 0 Å². The third-order valence-electron chi connectivity index (χ3n) is 3.00. The fraction of sp³-hybridized carbons (Fsp3) is 0.714. The number of hydrogen-bond donors (Lipinski definition) is 1. The molecule has 1 saturated heterocycles. The van der Waals surface area contributed by atoms with Crippen LogP contribution >= 0.6 is 11.3 Å². The van der Waals surface area contributed by atoms with E-state index in [0.717, 1.165) is 11.3 Å². The quantitative estimate of drug-likeness (QED) is 0.848. The Morgan fingerprint density at radius 2 is 2.08 bits per heavy atom.